The summed E-state index contributed by atoms with van der Waals surface area (Å²) in [6.07, 6.45) is -4.62. The summed E-state index contributed by atoms with van der Waals surface area (Å²) >= 11 is 0. The van der Waals surface area contributed by atoms with Crippen molar-refractivity contribution < 1.29 is 22.7 Å². The first-order valence-electron chi connectivity index (χ1n) is 9.05. The van der Waals surface area contributed by atoms with E-state index in [0.717, 1.165) is 0 Å². The van der Waals surface area contributed by atoms with Gasteiger partial charge in [-0.3, -0.25) is 9.89 Å². The Morgan fingerprint density at radius 1 is 1.22 bits per heavy atom. The van der Waals surface area contributed by atoms with Gasteiger partial charge in [0.2, 0.25) is 0 Å². The molecule has 1 unspecified atom stereocenters. The molecule has 1 heterocycles. The van der Waals surface area contributed by atoms with Gasteiger partial charge in [-0.1, -0.05) is 0 Å². The van der Waals surface area contributed by atoms with Gasteiger partial charge in [0.05, 0.1) is 0 Å². The standard InChI is InChI=1S/C17H32F3N5O2/c1-13(17(18,19)20)24-9-11-25(12-10-24)14(21-5)22-7-8-23(6)15(26)27-16(2,3)4/h13H,7-12H2,1-6H3,(H,21,22). The van der Waals surface area contributed by atoms with Crippen LogP contribution in [0.1, 0.15) is 27.7 Å². The number of amides is 1. The summed E-state index contributed by atoms with van der Waals surface area (Å²) in [5.41, 5.74) is -0.554. The number of aliphatic imine (C=N–C) groups is 1. The Labute approximate surface area is 159 Å². The number of hydrogen-bond donors (Lipinski definition) is 1. The van der Waals surface area contributed by atoms with Gasteiger partial charge in [-0.2, -0.15) is 13.2 Å². The van der Waals surface area contributed by atoms with Crippen LogP contribution in [0.25, 0.3) is 0 Å². The molecular weight excluding hydrogens is 363 g/mol. The molecule has 1 fully saturated rings. The Hall–Kier alpha value is -1.71. The molecule has 0 aromatic heterocycles. The van der Waals surface area contributed by atoms with E-state index in [1.54, 1.807) is 34.9 Å². The number of hydrogen-bond acceptors (Lipinski definition) is 4. The topological polar surface area (TPSA) is 60.4 Å². The van der Waals surface area contributed by atoms with Crippen LogP contribution in [0.4, 0.5) is 18.0 Å². The molecule has 0 saturated carbocycles. The van der Waals surface area contributed by atoms with Gasteiger partial charge in [0.1, 0.15) is 11.6 Å². The molecule has 1 saturated heterocycles. The molecule has 0 radical (unpaired) electrons. The van der Waals surface area contributed by atoms with Crippen molar-refractivity contribution in [3.63, 3.8) is 0 Å². The summed E-state index contributed by atoms with van der Waals surface area (Å²) in [6.45, 7) is 9.03. The molecule has 0 aromatic carbocycles. The first-order valence-corrected chi connectivity index (χ1v) is 9.05. The molecule has 1 rings (SSSR count). The molecule has 1 amide bonds. The van der Waals surface area contributed by atoms with Gasteiger partial charge in [-0.15, -0.1) is 0 Å². The van der Waals surface area contributed by atoms with Gasteiger partial charge in [0.15, 0.2) is 5.96 Å². The van der Waals surface area contributed by atoms with Crippen molar-refractivity contribution in [2.24, 2.45) is 4.99 Å². The average Bonchev–Trinajstić information content (AvgIpc) is 2.55. The van der Waals surface area contributed by atoms with E-state index in [0.29, 0.717) is 45.2 Å². The number of ether oxygens (including phenoxy) is 1. The predicted octanol–water partition coefficient (Wildman–Crippen LogP) is 2.00. The van der Waals surface area contributed by atoms with E-state index in [-0.39, 0.29) is 0 Å². The Morgan fingerprint density at radius 3 is 2.22 bits per heavy atom. The minimum Gasteiger partial charge on any atom is -0.444 e. The number of guanidine groups is 1. The molecule has 10 heteroatoms. The zero-order valence-electron chi connectivity index (χ0n) is 17.1. The Kier molecular flexibility index (Phi) is 8.19. The lowest BCUT2D eigenvalue weighted by molar-refractivity contribution is -0.181. The summed E-state index contributed by atoms with van der Waals surface area (Å²) in [4.78, 5) is 20.9. The fourth-order valence-corrected chi connectivity index (χ4v) is 2.63. The van der Waals surface area contributed by atoms with Gasteiger partial charge in [-0.25, -0.2) is 4.79 Å². The monoisotopic (exact) mass is 395 g/mol. The first-order chi connectivity index (χ1) is 12.3. The molecule has 0 aliphatic carbocycles. The lowest BCUT2D eigenvalue weighted by Crippen LogP contribution is -2.57. The molecular formula is C17H32F3N5O2. The van der Waals surface area contributed by atoms with E-state index < -0.39 is 23.9 Å². The summed E-state index contributed by atoms with van der Waals surface area (Å²) in [6, 6.07) is -1.45. The Bertz CT molecular complexity index is 512. The smallest absolute Gasteiger partial charge is 0.410 e. The molecule has 7 nitrogen and oxygen atoms in total. The minimum atomic E-state index is -4.21. The molecule has 1 atom stereocenters. The van der Waals surface area contributed by atoms with E-state index in [4.69, 9.17) is 4.74 Å². The molecule has 1 N–H and O–H groups in total. The molecule has 1 aliphatic heterocycles. The molecule has 1 aliphatic rings. The van der Waals surface area contributed by atoms with Crippen LogP contribution in [0.3, 0.4) is 0 Å². The van der Waals surface area contributed by atoms with Crippen LogP contribution in [0.15, 0.2) is 4.99 Å². The van der Waals surface area contributed by atoms with Gasteiger partial charge in [-0.05, 0) is 27.7 Å². The number of nitrogens with zero attached hydrogens (tertiary/aromatic N) is 4. The second kappa shape index (κ2) is 9.48. The highest BCUT2D eigenvalue weighted by atomic mass is 19.4. The zero-order chi connectivity index (χ0) is 20.8. The average molecular weight is 395 g/mol. The van der Waals surface area contributed by atoms with Gasteiger partial charge >= 0.3 is 12.3 Å². The molecule has 27 heavy (non-hydrogen) atoms. The zero-order valence-corrected chi connectivity index (χ0v) is 17.1. The molecule has 0 aromatic rings. The van der Waals surface area contributed by atoms with Gasteiger partial charge in [0, 0.05) is 53.4 Å². The number of carbonyl (C=O) groups is 1. The van der Waals surface area contributed by atoms with Gasteiger partial charge in [0.25, 0.3) is 0 Å². The normalized spacial score (nSPS) is 18.3. The highest BCUT2D eigenvalue weighted by Crippen LogP contribution is 2.25. The number of nitrogens with one attached hydrogen (secondary N) is 1. The number of piperazine rings is 1. The second-order valence-corrected chi connectivity index (χ2v) is 7.62. The summed E-state index contributed by atoms with van der Waals surface area (Å²) in [7, 11) is 3.28. The van der Waals surface area contributed by atoms with E-state index in [1.165, 1.54) is 16.7 Å². The molecule has 0 bridgehead atoms. The number of carbonyl (C=O) groups excluding carboxylic acids is 1. The Morgan fingerprint density at radius 2 is 1.78 bits per heavy atom. The van der Waals surface area contributed by atoms with Crippen molar-refractivity contribution in [1.82, 2.24) is 20.0 Å². The summed E-state index contributed by atoms with van der Waals surface area (Å²) in [5, 5.41) is 3.15. The first kappa shape index (κ1) is 23.3. The van der Waals surface area contributed by atoms with E-state index >= 15 is 0 Å². The maximum Gasteiger partial charge on any atom is 0.410 e. The van der Waals surface area contributed by atoms with Crippen LogP contribution in [-0.2, 0) is 4.74 Å². The van der Waals surface area contributed by atoms with Crippen LogP contribution in [0.2, 0.25) is 0 Å². The molecule has 158 valence electrons. The van der Waals surface area contributed by atoms with Crippen molar-refractivity contribution in [3.8, 4) is 0 Å². The molecule has 0 spiro atoms. The fraction of sp³-hybridized carbons (Fsp3) is 0.882. The third-order valence-electron chi connectivity index (χ3n) is 4.28. The minimum absolute atomic E-state index is 0.319. The number of rotatable bonds is 4. The third kappa shape index (κ3) is 7.82. The highest BCUT2D eigenvalue weighted by molar-refractivity contribution is 5.80. The van der Waals surface area contributed by atoms with Crippen LogP contribution >= 0.6 is 0 Å². The fourth-order valence-electron chi connectivity index (χ4n) is 2.63. The predicted molar refractivity (Wildman–Crippen MR) is 98.9 cm³/mol. The van der Waals surface area contributed by atoms with E-state index in [1.807, 2.05) is 4.90 Å². The third-order valence-corrected chi connectivity index (χ3v) is 4.28. The van der Waals surface area contributed by atoms with Crippen LogP contribution in [0.5, 0.6) is 0 Å². The van der Waals surface area contributed by atoms with Crippen LogP contribution in [-0.4, -0.2) is 97.9 Å². The van der Waals surface area contributed by atoms with Crippen LogP contribution in [0, 0.1) is 0 Å². The van der Waals surface area contributed by atoms with Crippen molar-refractivity contribution >= 4 is 12.1 Å². The second-order valence-electron chi connectivity index (χ2n) is 7.62. The van der Waals surface area contributed by atoms with Crippen molar-refractivity contribution in [3.05, 3.63) is 0 Å². The van der Waals surface area contributed by atoms with Crippen molar-refractivity contribution in [2.75, 3.05) is 53.4 Å². The maximum atomic E-state index is 12.8. The largest absolute Gasteiger partial charge is 0.444 e. The van der Waals surface area contributed by atoms with E-state index in [2.05, 4.69) is 10.3 Å². The van der Waals surface area contributed by atoms with Crippen molar-refractivity contribution in [2.45, 2.75) is 45.5 Å². The highest BCUT2D eigenvalue weighted by Gasteiger charge is 2.41. The SMILES string of the molecule is CN=C(NCCN(C)C(=O)OC(C)(C)C)N1CCN(C(C)C(F)(F)F)CC1. The van der Waals surface area contributed by atoms with E-state index in [9.17, 15) is 18.0 Å². The number of likely N-dealkylation sites (N-methyl/N-ethyl adjacent to an activating group) is 1. The summed E-state index contributed by atoms with van der Waals surface area (Å²) < 4.78 is 43.8. The summed E-state index contributed by atoms with van der Waals surface area (Å²) in [5.74, 6) is 0.618. The number of alkyl halides is 3. The van der Waals surface area contributed by atoms with Crippen LogP contribution < -0.4 is 5.32 Å². The lowest BCUT2D eigenvalue weighted by atomic mass is 10.2. The number of halogens is 3. The quantitative estimate of drug-likeness (QED) is 0.583. The van der Waals surface area contributed by atoms with Crippen molar-refractivity contribution in [1.29, 1.82) is 0 Å². The van der Waals surface area contributed by atoms with Gasteiger partial charge < -0.3 is 19.9 Å². The Balaban J connectivity index is 2.43. The maximum absolute atomic E-state index is 12.8. The lowest BCUT2D eigenvalue weighted by Gasteiger charge is -2.39.